The van der Waals surface area contributed by atoms with Crippen molar-refractivity contribution in [2.45, 2.75) is 43.7 Å². The van der Waals surface area contributed by atoms with E-state index in [1.807, 2.05) is 24.3 Å². The first-order chi connectivity index (χ1) is 17.0. The number of hydrogen-bond donors (Lipinski definition) is 3. The van der Waals surface area contributed by atoms with E-state index in [0.29, 0.717) is 25.5 Å². The molecule has 0 radical (unpaired) electrons. The molecule has 0 unspecified atom stereocenters. The second kappa shape index (κ2) is 10.1. The van der Waals surface area contributed by atoms with Crippen LogP contribution in [-0.4, -0.2) is 55.0 Å². The molecule has 2 aromatic carbocycles. The lowest BCUT2D eigenvalue weighted by molar-refractivity contribution is -0.139. The van der Waals surface area contributed by atoms with Gasteiger partial charge in [0, 0.05) is 25.5 Å². The fourth-order valence-electron chi connectivity index (χ4n) is 5.59. The molecule has 184 valence electrons. The van der Waals surface area contributed by atoms with Gasteiger partial charge in [-0.25, -0.2) is 4.79 Å². The molecular formula is C27H30N2O6. The van der Waals surface area contributed by atoms with Gasteiger partial charge in [0.2, 0.25) is 0 Å². The zero-order valence-corrected chi connectivity index (χ0v) is 19.4. The van der Waals surface area contributed by atoms with Gasteiger partial charge in [-0.05, 0) is 53.4 Å². The number of carbonyl (C=O) groups excluding carboxylic acids is 2. The van der Waals surface area contributed by atoms with Crippen LogP contribution in [-0.2, 0) is 19.1 Å². The Hall–Kier alpha value is -3.39. The highest BCUT2D eigenvalue weighted by Gasteiger charge is 2.37. The third-order valence-electron chi connectivity index (χ3n) is 7.36. The van der Waals surface area contributed by atoms with Crippen molar-refractivity contribution in [3.8, 4) is 11.1 Å². The first kappa shape index (κ1) is 23.4. The Balaban J connectivity index is 1.11. The van der Waals surface area contributed by atoms with Gasteiger partial charge in [0.05, 0.1) is 6.04 Å². The quantitative estimate of drug-likeness (QED) is 0.537. The Bertz CT molecular complexity index is 1070. The molecule has 8 nitrogen and oxygen atoms in total. The van der Waals surface area contributed by atoms with E-state index in [9.17, 15) is 14.4 Å². The summed E-state index contributed by atoms with van der Waals surface area (Å²) in [5.74, 6) is -0.579. The number of rotatable bonds is 8. The van der Waals surface area contributed by atoms with Crippen LogP contribution in [0.2, 0.25) is 0 Å². The van der Waals surface area contributed by atoms with Crippen LogP contribution in [0.25, 0.3) is 11.1 Å². The monoisotopic (exact) mass is 478 g/mol. The highest BCUT2D eigenvalue weighted by molar-refractivity contribution is 5.83. The Morgan fingerprint density at radius 3 is 2.29 bits per heavy atom. The maximum Gasteiger partial charge on any atom is 0.407 e. The number of fused-ring (bicyclic) bond motifs is 3. The molecule has 2 aliphatic carbocycles. The van der Waals surface area contributed by atoms with Crippen LogP contribution in [0.4, 0.5) is 4.79 Å². The number of hydrogen-bond acceptors (Lipinski definition) is 5. The lowest BCUT2D eigenvalue weighted by Gasteiger charge is -2.34. The minimum atomic E-state index is -0.779. The molecule has 2 amide bonds. The summed E-state index contributed by atoms with van der Waals surface area (Å²) in [5, 5.41) is 14.6. The molecular weight excluding hydrogens is 448 g/mol. The van der Waals surface area contributed by atoms with Crippen LogP contribution in [0.1, 0.15) is 42.7 Å². The van der Waals surface area contributed by atoms with Gasteiger partial charge in [0.25, 0.3) is 5.91 Å². The number of ether oxygens (including phenoxy) is 2. The van der Waals surface area contributed by atoms with Gasteiger partial charge in [-0.15, -0.1) is 0 Å². The molecule has 1 saturated heterocycles. The van der Waals surface area contributed by atoms with Crippen molar-refractivity contribution in [1.82, 2.24) is 10.6 Å². The zero-order valence-electron chi connectivity index (χ0n) is 19.4. The minimum absolute atomic E-state index is 0.0282. The molecule has 1 saturated carbocycles. The molecule has 0 aromatic heterocycles. The molecule has 2 atom stereocenters. The van der Waals surface area contributed by atoms with E-state index >= 15 is 0 Å². The zero-order chi connectivity index (χ0) is 24.4. The first-order valence-electron chi connectivity index (χ1n) is 12.2. The molecule has 2 fully saturated rings. The fraction of sp³-hybridized carbons (Fsp3) is 0.444. The molecule has 5 rings (SSSR count). The largest absolute Gasteiger partial charge is 0.481 e. The van der Waals surface area contributed by atoms with Crippen molar-refractivity contribution in [3.63, 3.8) is 0 Å². The van der Waals surface area contributed by atoms with Crippen molar-refractivity contribution in [2.75, 3.05) is 19.8 Å². The third kappa shape index (κ3) is 5.03. The summed E-state index contributed by atoms with van der Waals surface area (Å²) in [6.07, 6.45) is 1.01. The van der Waals surface area contributed by atoms with E-state index in [-0.39, 0.29) is 30.8 Å². The average Bonchev–Trinajstić information content (AvgIpc) is 3.41. The van der Waals surface area contributed by atoms with Crippen LogP contribution in [0, 0.1) is 11.8 Å². The number of aliphatic carboxylic acids is 1. The van der Waals surface area contributed by atoms with Gasteiger partial charge in [-0.3, -0.25) is 9.59 Å². The highest BCUT2D eigenvalue weighted by atomic mass is 16.6. The lowest BCUT2D eigenvalue weighted by Crippen LogP contribution is -2.49. The lowest BCUT2D eigenvalue weighted by atomic mass is 9.73. The van der Waals surface area contributed by atoms with E-state index in [0.717, 1.165) is 24.0 Å². The molecule has 3 aliphatic rings. The Morgan fingerprint density at radius 1 is 0.971 bits per heavy atom. The summed E-state index contributed by atoms with van der Waals surface area (Å²) >= 11 is 0. The minimum Gasteiger partial charge on any atom is -0.481 e. The summed E-state index contributed by atoms with van der Waals surface area (Å²) < 4.78 is 11.2. The molecule has 8 heteroatoms. The van der Waals surface area contributed by atoms with Crippen LogP contribution < -0.4 is 10.6 Å². The van der Waals surface area contributed by atoms with E-state index < -0.39 is 24.2 Å². The smallest absolute Gasteiger partial charge is 0.407 e. The van der Waals surface area contributed by atoms with Crippen LogP contribution in [0.5, 0.6) is 0 Å². The van der Waals surface area contributed by atoms with E-state index in [1.54, 1.807) is 0 Å². The second-order valence-corrected chi connectivity index (χ2v) is 9.70. The summed E-state index contributed by atoms with van der Waals surface area (Å²) in [6.45, 7) is 1.09. The SMILES string of the molecule is O=C(O)CC1CC(CNC(=O)[C@@H]2OCC[C@@H]2NC(=O)OCC2c3ccccc3-c3ccccc32)C1. The number of carbonyl (C=O) groups is 3. The highest BCUT2D eigenvalue weighted by Crippen LogP contribution is 2.44. The molecule has 2 aromatic rings. The molecule has 35 heavy (non-hydrogen) atoms. The van der Waals surface area contributed by atoms with E-state index in [4.69, 9.17) is 14.6 Å². The number of nitrogens with one attached hydrogen (secondary N) is 2. The number of amides is 2. The van der Waals surface area contributed by atoms with Crippen LogP contribution in [0.15, 0.2) is 48.5 Å². The topological polar surface area (TPSA) is 114 Å². The number of carboxylic acid groups (broad SMARTS) is 1. The van der Waals surface area contributed by atoms with E-state index in [1.165, 1.54) is 11.1 Å². The fourth-order valence-corrected chi connectivity index (χ4v) is 5.59. The Labute approximate surface area is 204 Å². The summed E-state index contributed by atoms with van der Waals surface area (Å²) in [6, 6.07) is 15.9. The van der Waals surface area contributed by atoms with Gasteiger partial charge in [-0.1, -0.05) is 48.5 Å². The third-order valence-corrected chi connectivity index (χ3v) is 7.36. The summed E-state index contributed by atoms with van der Waals surface area (Å²) in [7, 11) is 0. The van der Waals surface area contributed by atoms with Crippen molar-refractivity contribution in [3.05, 3.63) is 59.7 Å². The van der Waals surface area contributed by atoms with Crippen molar-refractivity contribution in [2.24, 2.45) is 11.8 Å². The maximum absolute atomic E-state index is 12.7. The van der Waals surface area contributed by atoms with Gasteiger partial charge < -0.3 is 25.2 Å². The maximum atomic E-state index is 12.7. The predicted molar refractivity (Wildman–Crippen MR) is 128 cm³/mol. The predicted octanol–water partition coefficient (Wildman–Crippen LogP) is 3.30. The summed E-state index contributed by atoms with van der Waals surface area (Å²) in [4.78, 5) is 36.1. The average molecular weight is 479 g/mol. The van der Waals surface area contributed by atoms with Crippen molar-refractivity contribution < 1.29 is 29.0 Å². The molecule has 0 bridgehead atoms. The Morgan fingerprint density at radius 2 is 1.63 bits per heavy atom. The van der Waals surface area contributed by atoms with Crippen LogP contribution in [0.3, 0.4) is 0 Å². The number of carboxylic acids is 1. The van der Waals surface area contributed by atoms with Crippen molar-refractivity contribution >= 4 is 18.0 Å². The standard InChI is InChI=1S/C27H30N2O6/c30-24(31)13-16-11-17(12-16)14-28-26(32)25-23(9-10-34-25)29-27(33)35-15-22-20-7-3-1-5-18(20)19-6-2-4-8-21(19)22/h1-8,16-17,22-23,25H,9-15H2,(H,28,32)(H,29,33)(H,30,31)/t16?,17?,23-,25+/m0/s1. The number of alkyl carbamates (subject to hydrolysis) is 1. The molecule has 3 N–H and O–H groups in total. The molecule has 0 spiro atoms. The van der Waals surface area contributed by atoms with Gasteiger partial charge in [-0.2, -0.15) is 0 Å². The molecule has 1 aliphatic heterocycles. The van der Waals surface area contributed by atoms with Crippen LogP contribution >= 0.6 is 0 Å². The van der Waals surface area contributed by atoms with Crippen molar-refractivity contribution in [1.29, 1.82) is 0 Å². The first-order valence-corrected chi connectivity index (χ1v) is 12.2. The molecule has 1 heterocycles. The normalized spacial score (nSPS) is 24.7. The Kier molecular flexibility index (Phi) is 6.72. The number of benzene rings is 2. The van der Waals surface area contributed by atoms with E-state index in [2.05, 4.69) is 34.9 Å². The second-order valence-electron chi connectivity index (χ2n) is 9.70. The summed E-state index contributed by atoms with van der Waals surface area (Å²) in [5.41, 5.74) is 4.62. The van der Waals surface area contributed by atoms with Gasteiger partial charge >= 0.3 is 12.1 Å². The van der Waals surface area contributed by atoms with Gasteiger partial charge in [0.15, 0.2) is 6.10 Å². The van der Waals surface area contributed by atoms with Gasteiger partial charge in [0.1, 0.15) is 6.61 Å².